The quantitative estimate of drug-likeness (QED) is 0.488. The number of nitrogens with zero attached hydrogens (tertiary/aromatic N) is 1. The minimum Gasteiger partial charge on any atom is -0.454 e. The van der Waals surface area contributed by atoms with Gasteiger partial charge in [0.1, 0.15) is 6.42 Å². The van der Waals surface area contributed by atoms with Gasteiger partial charge in [0.25, 0.3) is 0 Å². The van der Waals surface area contributed by atoms with Crippen molar-refractivity contribution in [3.05, 3.63) is 53.1 Å². The van der Waals surface area contributed by atoms with Crippen LogP contribution in [0.2, 0.25) is 5.02 Å². The number of hydrogen-bond donors (Lipinski definition) is 2. The average molecular weight is 360 g/mol. The third kappa shape index (κ3) is 4.71. The average Bonchev–Trinajstić information content (AvgIpc) is 3.02. The highest BCUT2D eigenvalue weighted by atomic mass is 35.5. The Morgan fingerprint density at radius 1 is 1.12 bits per heavy atom. The molecule has 2 aromatic carbocycles. The first-order chi connectivity index (χ1) is 12.1. The number of benzene rings is 2. The van der Waals surface area contributed by atoms with Crippen LogP contribution in [0.3, 0.4) is 0 Å². The van der Waals surface area contributed by atoms with Gasteiger partial charge in [-0.05, 0) is 42.0 Å². The van der Waals surface area contributed by atoms with E-state index in [1.807, 2.05) is 0 Å². The molecule has 0 spiro atoms. The van der Waals surface area contributed by atoms with Gasteiger partial charge in [-0.1, -0.05) is 17.7 Å². The van der Waals surface area contributed by atoms with E-state index in [9.17, 15) is 9.59 Å². The van der Waals surface area contributed by atoms with E-state index in [1.54, 1.807) is 42.5 Å². The lowest BCUT2D eigenvalue weighted by Gasteiger charge is -2.04. The molecule has 0 unspecified atom stereocenters. The minimum absolute atomic E-state index is 0.189. The Kier molecular flexibility index (Phi) is 5.15. The second kappa shape index (κ2) is 7.67. The third-order valence-corrected chi connectivity index (χ3v) is 3.46. The maximum absolute atomic E-state index is 11.8. The third-order valence-electron chi connectivity index (χ3n) is 3.23. The zero-order chi connectivity index (χ0) is 17.6. The molecule has 128 valence electrons. The SMILES string of the molecule is O=C(CC(=O)Nc1cccc(Cl)c1)N/N=C/c1ccc2c(c1)OCO2. The first-order valence-corrected chi connectivity index (χ1v) is 7.75. The van der Waals surface area contributed by atoms with Crippen LogP contribution in [-0.4, -0.2) is 24.8 Å². The highest BCUT2D eigenvalue weighted by Crippen LogP contribution is 2.31. The van der Waals surface area contributed by atoms with E-state index in [1.165, 1.54) is 6.21 Å². The van der Waals surface area contributed by atoms with Crippen molar-refractivity contribution in [3.63, 3.8) is 0 Å². The maximum atomic E-state index is 11.8. The number of ether oxygens (including phenoxy) is 2. The Labute approximate surface area is 148 Å². The molecule has 1 aliphatic heterocycles. The second-order valence-electron chi connectivity index (χ2n) is 5.14. The largest absolute Gasteiger partial charge is 0.454 e. The molecule has 0 radical (unpaired) electrons. The van der Waals surface area contributed by atoms with Crippen molar-refractivity contribution < 1.29 is 19.1 Å². The second-order valence-corrected chi connectivity index (χ2v) is 5.58. The van der Waals surface area contributed by atoms with Crippen LogP contribution < -0.4 is 20.2 Å². The van der Waals surface area contributed by atoms with E-state index in [0.29, 0.717) is 22.2 Å². The molecule has 0 saturated carbocycles. The fourth-order valence-electron chi connectivity index (χ4n) is 2.13. The fourth-order valence-corrected chi connectivity index (χ4v) is 2.32. The number of hydrazone groups is 1. The molecule has 0 aromatic heterocycles. The van der Waals surface area contributed by atoms with Gasteiger partial charge >= 0.3 is 0 Å². The molecule has 0 aliphatic carbocycles. The number of anilines is 1. The summed E-state index contributed by atoms with van der Waals surface area (Å²) in [7, 11) is 0. The van der Waals surface area contributed by atoms with Crippen molar-refractivity contribution >= 4 is 35.3 Å². The monoisotopic (exact) mass is 359 g/mol. The predicted octanol–water partition coefficient (Wildman–Crippen LogP) is 2.55. The van der Waals surface area contributed by atoms with Crippen LogP contribution in [0, 0.1) is 0 Å². The lowest BCUT2D eigenvalue weighted by molar-refractivity contribution is -0.126. The highest BCUT2D eigenvalue weighted by Gasteiger charge is 2.12. The summed E-state index contributed by atoms with van der Waals surface area (Å²) in [6.07, 6.45) is 1.10. The summed E-state index contributed by atoms with van der Waals surface area (Å²) >= 11 is 5.83. The number of fused-ring (bicyclic) bond motifs is 1. The molecule has 1 heterocycles. The van der Waals surface area contributed by atoms with Gasteiger partial charge in [-0.25, -0.2) is 5.43 Å². The number of hydrogen-bond acceptors (Lipinski definition) is 5. The van der Waals surface area contributed by atoms with Crippen LogP contribution in [0.25, 0.3) is 0 Å². The minimum atomic E-state index is -0.531. The number of rotatable bonds is 5. The van der Waals surface area contributed by atoms with Crippen LogP contribution >= 0.6 is 11.6 Å². The van der Waals surface area contributed by atoms with Crippen molar-refractivity contribution in [2.24, 2.45) is 5.10 Å². The van der Waals surface area contributed by atoms with Crippen molar-refractivity contribution in [2.75, 3.05) is 12.1 Å². The Morgan fingerprint density at radius 2 is 1.96 bits per heavy atom. The molecule has 2 N–H and O–H groups in total. The van der Waals surface area contributed by atoms with Gasteiger partial charge in [0.15, 0.2) is 11.5 Å². The summed E-state index contributed by atoms with van der Waals surface area (Å²) in [5, 5.41) is 6.90. The van der Waals surface area contributed by atoms with E-state index in [2.05, 4.69) is 15.8 Å². The van der Waals surface area contributed by atoms with Gasteiger partial charge in [-0.3, -0.25) is 9.59 Å². The first kappa shape index (κ1) is 16.8. The normalized spacial score (nSPS) is 12.2. The molecule has 0 saturated heterocycles. The van der Waals surface area contributed by atoms with Gasteiger partial charge < -0.3 is 14.8 Å². The summed E-state index contributed by atoms with van der Waals surface area (Å²) in [5.41, 5.74) is 3.55. The maximum Gasteiger partial charge on any atom is 0.249 e. The summed E-state index contributed by atoms with van der Waals surface area (Å²) in [4.78, 5) is 23.5. The lowest BCUT2D eigenvalue weighted by atomic mass is 10.2. The van der Waals surface area contributed by atoms with Gasteiger partial charge in [-0.2, -0.15) is 5.10 Å². The Bertz CT molecular complexity index is 838. The lowest BCUT2D eigenvalue weighted by Crippen LogP contribution is -2.24. The topological polar surface area (TPSA) is 89.0 Å². The molecule has 3 rings (SSSR count). The molecule has 2 amide bonds. The molecule has 2 aromatic rings. The summed E-state index contributed by atoms with van der Waals surface area (Å²) in [6.45, 7) is 0.189. The molecular formula is C17H14ClN3O4. The van der Waals surface area contributed by atoms with E-state index in [-0.39, 0.29) is 13.2 Å². The Morgan fingerprint density at radius 3 is 2.80 bits per heavy atom. The summed E-state index contributed by atoms with van der Waals surface area (Å²) < 4.78 is 10.5. The number of amides is 2. The van der Waals surface area contributed by atoms with Crippen molar-refractivity contribution in [3.8, 4) is 11.5 Å². The van der Waals surface area contributed by atoms with E-state index >= 15 is 0 Å². The number of nitrogens with one attached hydrogen (secondary N) is 2. The Balaban J connectivity index is 1.48. The summed E-state index contributed by atoms with van der Waals surface area (Å²) in [6, 6.07) is 11.9. The highest BCUT2D eigenvalue weighted by molar-refractivity contribution is 6.30. The number of halogens is 1. The molecule has 0 bridgehead atoms. The molecule has 25 heavy (non-hydrogen) atoms. The molecule has 0 fully saturated rings. The van der Waals surface area contributed by atoms with Crippen molar-refractivity contribution in [1.29, 1.82) is 0 Å². The first-order valence-electron chi connectivity index (χ1n) is 7.37. The zero-order valence-electron chi connectivity index (χ0n) is 13.0. The van der Waals surface area contributed by atoms with Crippen LogP contribution in [-0.2, 0) is 9.59 Å². The molecule has 0 atom stereocenters. The van der Waals surface area contributed by atoms with Gasteiger partial charge in [-0.15, -0.1) is 0 Å². The van der Waals surface area contributed by atoms with Crippen LogP contribution in [0.5, 0.6) is 11.5 Å². The smallest absolute Gasteiger partial charge is 0.249 e. The zero-order valence-corrected chi connectivity index (χ0v) is 13.7. The Hall–Kier alpha value is -3.06. The number of carbonyl (C=O) groups is 2. The van der Waals surface area contributed by atoms with Crippen LogP contribution in [0.4, 0.5) is 5.69 Å². The van der Waals surface area contributed by atoms with E-state index < -0.39 is 11.8 Å². The summed E-state index contributed by atoms with van der Waals surface area (Å²) in [5.74, 6) is 0.296. The van der Waals surface area contributed by atoms with Gasteiger partial charge in [0, 0.05) is 10.7 Å². The van der Waals surface area contributed by atoms with Crippen LogP contribution in [0.1, 0.15) is 12.0 Å². The van der Waals surface area contributed by atoms with E-state index in [0.717, 1.165) is 5.56 Å². The van der Waals surface area contributed by atoms with Crippen molar-refractivity contribution in [2.45, 2.75) is 6.42 Å². The molecule has 7 nitrogen and oxygen atoms in total. The molecule has 8 heteroatoms. The van der Waals surface area contributed by atoms with Crippen LogP contribution in [0.15, 0.2) is 47.6 Å². The standard InChI is InChI=1S/C17H14ClN3O4/c18-12-2-1-3-13(7-12)20-16(22)8-17(23)21-19-9-11-4-5-14-15(6-11)25-10-24-14/h1-7,9H,8,10H2,(H,20,22)(H,21,23)/b19-9+. The fraction of sp³-hybridized carbons (Fsp3) is 0.118. The van der Waals surface area contributed by atoms with Gasteiger partial charge in [0.2, 0.25) is 18.6 Å². The number of carbonyl (C=O) groups excluding carboxylic acids is 2. The molecule has 1 aliphatic rings. The molecular weight excluding hydrogens is 346 g/mol. The predicted molar refractivity (Wildman–Crippen MR) is 93.0 cm³/mol. The van der Waals surface area contributed by atoms with E-state index in [4.69, 9.17) is 21.1 Å². The van der Waals surface area contributed by atoms with Gasteiger partial charge in [0.05, 0.1) is 6.21 Å². The van der Waals surface area contributed by atoms with Crippen molar-refractivity contribution in [1.82, 2.24) is 5.43 Å².